The highest BCUT2D eigenvalue weighted by Gasteiger charge is 2.28. The number of nitrogens with zero attached hydrogens (tertiary/aromatic N) is 2. The molecule has 32 heavy (non-hydrogen) atoms. The van der Waals surface area contributed by atoms with Crippen LogP contribution >= 0.6 is 0 Å². The Bertz CT molecular complexity index is 1110. The first-order valence-corrected chi connectivity index (χ1v) is 10.2. The molecule has 2 heterocycles. The molecule has 0 saturated heterocycles. The van der Waals surface area contributed by atoms with Crippen LogP contribution in [0.4, 0.5) is 11.4 Å². The SMILES string of the molecule is O=C(NCC(c1ccco1)N1CCc2ccccc2C1)C(=O)Nc1ccc([N+](=O)[O-])cc1. The van der Waals surface area contributed by atoms with E-state index in [1.807, 2.05) is 18.2 Å². The Morgan fingerprint density at radius 1 is 1.03 bits per heavy atom. The molecule has 9 nitrogen and oxygen atoms in total. The number of benzene rings is 2. The fraction of sp³-hybridized carbons (Fsp3) is 0.217. The molecule has 2 N–H and O–H groups in total. The van der Waals surface area contributed by atoms with Crippen molar-refractivity contribution in [2.75, 3.05) is 18.4 Å². The molecule has 0 fully saturated rings. The number of furan rings is 1. The summed E-state index contributed by atoms with van der Waals surface area (Å²) in [7, 11) is 0. The number of nitro groups is 1. The molecule has 3 aromatic rings. The second kappa shape index (κ2) is 9.44. The zero-order chi connectivity index (χ0) is 22.5. The van der Waals surface area contributed by atoms with Gasteiger partial charge in [-0.15, -0.1) is 0 Å². The average Bonchev–Trinajstić information content (AvgIpc) is 3.34. The summed E-state index contributed by atoms with van der Waals surface area (Å²) in [5, 5.41) is 15.9. The van der Waals surface area contributed by atoms with Gasteiger partial charge in [0.15, 0.2) is 0 Å². The molecule has 164 valence electrons. The fourth-order valence-electron chi connectivity index (χ4n) is 3.80. The maximum atomic E-state index is 12.4. The molecule has 1 aliphatic heterocycles. The van der Waals surface area contributed by atoms with Crippen LogP contribution in [0, 0.1) is 10.1 Å². The number of non-ortho nitro benzene ring substituents is 1. The number of nitro benzene ring substituents is 1. The number of hydrogen-bond acceptors (Lipinski definition) is 6. The molecule has 1 unspecified atom stereocenters. The van der Waals surface area contributed by atoms with Gasteiger partial charge in [0.05, 0.1) is 17.2 Å². The molecule has 0 aliphatic carbocycles. The molecule has 2 aromatic carbocycles. The van der Waals surface area contributed by atoms with Gasteiger partial charge in [-0.3, -0.25) is 24.6 Å². The predicted molar refractivity (Wildman–Crippen MR) is 117 cm³/mol. The van der Waals surface area contributed by atoms with Gasteiger partial charge in [-0.05, 0) is 41.8 Å². The number of amides is 2. The summed E-state index contributed by atoms with van der Waals surface area (Å²) in [6.07, 6.45) is 2.48. The van der Waals surface area contributed by atoms with Gasteiger partial charge < -0.3 is 15.1 Å². The van der Waals surface area contributed by atoms with Crippen LogP contribution in [0.2, 0.25) is 0 Å². The van der Waals surface area contributed by atoms with Gasteiger partial charge in [0, 0.05) is 37.5 Å². The summed E-state index contributed by atoms with van der Waals surface area (Å²) in [6, 6.07) is 16.9. The standard InChI is InChI=1S/C23H22N4O5/c28-22(23(29)25-18-7-9-19(10-8-18)27(30)31)24-14-20(21-6-3-13-32-21)26-12-11-16-4-1-2-5-17(16)15-26/h1-10,13,20H,11-12,14-15H2,(H,24,28)(H,25,29). The third kappa shape index (κ3) is 4.84. The Balaban J connectivity index is 1.39. The molecule has 1 atom stereocenters. The largest absolute Gasteiger partial charge is 0.468 e. The van der Waals surface area contributed by atoms with Gasteiger partial charge in [-0.25, -0.2) is 0 Å². The first-order valence-electron chi connectivity index (χ1n) is 10.2. The highest BCUT2D eigenvalue weighted by atomic mass is 16.6. The van der Waals surface area contributed by atoms with Crippen molar-refractivity contribution in [3.8, 4) is 0 Å². The molecule has 2 amide bonds. The molecule has 0 bridgehead atoms. The zero-order valence-electron chi connectivity index (χ0n) is 17.2. The Morgan fingerprint density at radius 3 is 2.47 bits per heavy atom. The van der Waals surface area contributed by atoms with Gasteiger partial charge in [0.2, 0.25) is 0 Å². The van der Waals surface area contributed by atoms with Crippen molar-refractivity contribution in [2.45, 2.75) is 19.0 Å². The van der Waals surface area contributed by atoms with E-state index in [-0.39, 0.29) is 18.3 Å². The van der Waals surface area contributed by atoms with Crippen molar-refractivity contribution in [1.82, 2.24) is 10.2 Å². The summed E-state index contributed by atoms with van der Waals surface area (Å²) in [5.74, 6) is -0.932. The quantitative estimate of drug-likeness (QED) is 0.350. The van der Waals surface area contributed by atoms with Gasteiger partial charge in [-0.2, -0.15) is 0 Å². The number of nitrogens with one attached hydrogen (secondary N) is 2. The summed E-state index contributed by atoms with van der Waals surface area (Å²) in [6.45, 7) is 1.71. The fourth-order valence-corrected chi connectivity index (χ4v) is 3.80. The van der Waals surface area contributed by atoms with E-state index < -0.39 is 16.7 Å². The lowest BCUT2D eigenvalue weighted by molar-refractivity contribution is -0.384. The van der Waals surface area contributed by atoms with Crippen LogP contribution in [-0.4, -0.2) is 34.7 Å². The second-order valence-electron chi connectivity index (χ2n) is 7.49. The van der Waals surface area contributed by atoms with E-state index in [1.54, 1.807) is 12.3 Å². The monoisotopic (exact) mass is 434 g/mol. The molecule has 1 aromatic heterocycles. The second-order valence-corrected chi connectivity index (χ2v) is 7.49. The normalized spacial score (nSPS) is 14.2. The number of carbonyl (C=O) groups is 2. The molecule has 0 radical (unpaired) electrons. The van der Waals surface area contributed by atoms with Crippen LogP contribution in [0.1, 0.15) is 22.9 Å². The summed E-state index contributed by atoms with van der Waals surface area (Å²) < 4.78 is 5.61. The zero-order valence-corrected chi connectivity index (χ0v) is 17.2. The molecular formula is C23H22N4O5. The van der Waals surface area contributed by atoms with Crippen LogP contribution in [0.15, 0.2) is 71.3 Å². The van der Waals surface area contributed by atoms with Crippen LogP contribution in [-0.2, 0) is 22.6 Å². The van der Waals surface area contributed by atoms with Gasteiger partial charge in [-0.1, -0.05) is 24.3 Å². The third-order valence-corrected chi connectivity index (χ3v) is 5.47. The Hall–Kier alpha value is -3.98. The molecule has 1 aliphatic rings. The molecule has 9 heteroatoms. The minimum absolute atomic E-state index is 0.100. The number of hydrogen-bond donors (Lipinski definition) is 2. The number of anilines is 1. The minimum Gasteiger partial charge on any atom is -0.468 e. The Morgan fingerprint density at radius 2 is 1.78 bits per heavy atom. The van der Waals surface area contributed by atoms with E-state index in [1.165, 1.54) is 35.4 Å². The summed E-state index contributed by atoms with van der Waals surface area (Å²) >= 11 is 0. The van der Waals surface area contributed by atoms with Crippen molar-refractivity contribution in [2.24, 2.45) is 0 Å². The van der Waals surface area contributed by atoms with Crippen LogP contribution in [0.25, 0.3) is 0 Å². The van der Waals surface area contributed by atoms with Crippen molar-refractivity contribution < 1.29 is 18.9 Å². The lowest BCUT2D eigenvalue weighted by Crippen LogP contribution is -2.43. The maximum Gasteiger partial charge on any atom is 0.313 e. The van der Waals surface area contributed by atoms with E-state index >= 15 is 0 Å². The topological polar surface area (TPSA) is 118 Å². The summed E-state index contributed by atoms with van der Waals surface area (Å²) in [5.41, 5.74) is 2.74. The van der Waals surface area contributed by atoms with E-state index in [0.717, 1.165) is 13.0 Å². The highest BCUT2D eigenvalue weighted by Crippen LogP contribution is 2.28. The first kappa shape index (κ1) is 21.3. The van der Waals surface area contributed by atoms with E-state index in [4.69, 9.17) is 4.42 Å². The van der Waals surface area contributed by atoms with Crippen LogP contribution in [0.3, 0.4) is 0 Å². The van der Waals surface area contributed by atoms with Gasteiger partial charge in [0.1, 0.15) is 5.76 Å². The first-order chi connectivity index (χ1) is 15.5. The van der Waals surface area contributed by atoms with E-state index in [2.05, 4.69) is 27.7 Å². The van der Waals surface area contributed by atoms with Crippen LogP contribution in [0.5, 0.6) is 0 Å². The summed E-state index contributed by atoms with van der Waals surface area (Å²) in [4.78, 5) is 37.1. The Kier molecular flexibility index (Phi) is 6.27. The molecule has 0 spiro atoms. The highest BCUT2D eigenvalue weighted by molar-refractivity contribution is 6.39. The lowest BCUT2D eigenvalue weighted by Gasteiger charge is -2.34. The molecule has 4 rings (SSSR count). The maximum absolute atomic E-state index is 12.4. The minimum atomic E-state index is -0.846. The van der Waals surface area contributed by atoms with E-state index in [0.29, 0.717) is 18.0 Å². The van der Waals surface area contributed by atoms with Crippen molar-refractivity contribution >= 4 is 23.2 Å². The van der Waals surface area contributed by atoms with E-state index in [9.17, 15) is 19.7 Å². The van der Waals surface area contributed by atoms with Crippen molar-refractivity contribution in [3.63, 3.8) is 0 Å². The van der Waals surface area contributed by atoms with Gasteiger partial charge >= 0.3 is 11.8 Å². The Labute approximate surface area is 184 Å². The third-order valence-electron chi connectivity index (χ3n) is 5.47. The molecule has 0 saturated carbocycles. The number of rotatable bonds is 6. The van der Waals surface area contributed by atoms with Crippen molar-refractivity contribution in [1.29, 1.82) is 0 Å². The average molecular weight is 434 g/mol. The lowest BCUT2D eigenvalue weighted by atomic mass is 9.98. The van der Waals surface area contributed by atoms with Gasteiger partial charge in [0.25, 0.3) is 5.69 Å². The molecular weight excluding hydrogens is 412 g/mol. The van der Waals surface area contributed by atoms with Crippen LogP contribution < -0.4 is 10.6 Å². The number of fused-ring (bicyclic) bond motifs is 1. The number of carbonyl (C=O) groups excluding carboxylic acids is 2. The smallest absolute Gasteiger partial charge is 0.313 e. The predicted octanol–water partition coefficient (Wildman–Crippen LogP) is 3.04. The van der Waals surface area contributed by atoms with Crippen molar-refractivity contribution in [3.05, 3.63) is 93.9 Å².